The number of hydrogen-bond donors (Lipinski definition) is 0. The molecule has 1 nitrogen and oxygen atoms in total. The summed E-state index contributed by atoms with van der Waals surface area (Å²) >= 11 is 16.6. The van der Waals surface area contributed by atoms with Crippen LogP contribution in [0.1, 0.15) is 19.8 Å². The second-order valence-electron chi connectivity index (χ2n) is 1.99. The molecule has 0 radical (unpaired) electrons. The van der Waals surface area contributed by atoms with Crippen molar-refractivity contribution in [1.82, 2.24) is 0 Å². The fourth-order valence-corrected chi connectivity index (χ4v) is 1.05. The molecule has 0 amide bonds. The number of rotatable bonds is 5. The van der Waals surface area contributed by atoms with Gasteiger partial charge in [0.15, 0.2) is 0 Å². The highest BCUT2D eigenvalue weighted by atomic mass is 36.1. The summed E-state index contributed by atoms with van der Waals surface area (Å²) in [5.74, 6) is 1.49. The van der Waals surface area contributed by atoms with E-state index in [1.807, 2.05) is 0 Å². The lowest BCUT2D eigenvalue weighted by atomic mass is 10.4. The smallest absolute Gasteiger partial charge is 0.335 e. The Kier molecular flexibility index (Phi) is 6.85. The minimum atomic E-state index is -2.35. The highest BCUT2D eigenvalue weighted by Crippen LogP contribution is 2.75. The largest absolute Gasteiger partial charge is 0.498 e. The Balaban J connectivity index is 3.30. The van der Waals surface area contributed by atoms with Crippen LogP contribution in [0.4, 0.5) is 0 Å². The van der Waals surface area contributed by atoms with E-state index in [4.69, 9.17) is 38.5 Å². The molecule has 0 fully saturated rings. The zero-order chi connectivity index (χ0) is 8.74. The van der Waals surface area contributed by atoms with Crippen LogP contribution in [0.15, 0.2) is 12.1 Å². The molecule has 0 atom stereocenters. The molecule has 0 heterocycles. The number of ether oxygens (including phenoxy) is 1. The van der Waals surface area contributed by atoms with Gasteiger partial charge in [0.05, 0.1) is 6.61 Å². The van der Waals surface area contributed by atoms with E-state index in [0.717, 1.165) is 12.8 Å². The third-order valence-electron chi connectivity index (χ3n) is 0.942. The van der Waals surface area contributed by atoms with E-state index in [0.29, 0.717) is 6.61 Å². The van der Waals surface area contributed by atoms with Gasteiger partial charge in [-0.25, -0.2) is 0 Å². The van der Waals surface area contributed by atoms with E-state index in [-0.39, 0.29) is 0 Å². The lowest BCUT2D eigenvalue weighted by molar-refractivity contribution is 0.244. The first-order valence-corrected chi connectivity index (χ1v) is 7.90. The number of unbranched alkanes of at least 4 members (excludes halogenated alkanes) is 1. The van der Waals surface area contributed by atoms with Crippen LogP contribution in [0, 0.1) is 0 Å². The van der Waals surface area contributed by atoms with Crippen LogP contribution >= 0.6 is 39.0 Å². The quantitative estimate of drug-likeness (QED) is 0.380. The van der Waals surface area contributed by atoms with E-state index in [1.165, 1.54) is 12.1 Å². The van der Waals surface area contributed by atoms with Crippen molar-refractivity contribution in [2.45, 2.75) is 19.8 Å². The van der Waals surface area contributed by atoms with Gasteiger partial charge in [0, 0.05) is 0 Å². The molecule has 0 aromatic heterocycles. The Morgan fingerprint density at radius 2 is 2.00 bits per heavy atom. The maximum atomic E-state index is 5.52. The molecular weight excluding hydrogens is 225 g/mol. The molecule has 0 spiro atoms. The molecule has 66 valence electrons. The minimum Gasteiger partial charge on any atom is -0.498 e. The Morgan fingerprint density at radius 3 is 2.45 bits per heavy atom. The van der Waals surface area contributed by atoms with E-state index >= 15 is 0 Å². The third kappa shape index (κ3) is 10.8. The molecule has 11 heavy (non-hydrogen) atoms. The SMILES string of the molecule is CCCCO/C=C\[P+](Cl)(Cl)Cl. The maximum Gasteiger partial charge on any atom is 0.335 e. The van der Waals surface area contributed by atoms with Crippen molar-refractivity contribution in [1.29, 1.82) is 0 Å². The van der Waals surface area contributed by atoms with Crippen LogP contribution in [0.25, 0.3) is 0 Å². The van der Waals surface area contributed by atoms with Gasteiger partial charge in [-0.2, -0.15) is 0 Å². The molecule has 0 aromatic rings. The lowest BCUT2D eigenvalue weighted by Crippen LogP contribution is -1.84. The summed E-state index contributed by atoms with van der Waals surface area (Å²) in [6.45, 7) is 2.78. The monoisotopic (exact) mass is 235 g/mol. The molecule has 0 aromatic carbocycles. The summed E-state index contributed by atoms with van der Waals surface area (Å²) in [4.78, 5) is 0. The van der Waals surface area contributed by atoms with Crippen LogP contribution in [-0.4, -0.2) is 6.61 Å². The predicted molar refractivity (Wildman–Crippen MR) is 54.5 cm³/mol. The standard InChI is InChI=1S/C6H11Cl3OP/c1-2-3-4-10-5-6-11(7,8)9/h5-6H,2-4H2,1H3/q+1/b6-5-. The van der Waals surface area contributed by atoms with Crippen molar-refractivity contribution in [3.63, 3.8) is 0 Å². The van der Waals surface area contributed by atoms with Gasteiger partial charge in [0.25, 0.3) is 0 Å². The summed E-state index contributed by atoms with van der Waals surface area (Å²) in [6, 6.07) is 0. The molecule has 0 aliphatic heterocycles. The summed E-state index contributed by atoms with van der Waals surface area (Å²) in [5, 5.41) is -2.35. The summed E-state index contributed by atoms with van der Waals surface area (Å²) < 4.78 is 5.04. The normalized spacial score (nSPS) is 12.4. The van der Waals surface area contributed by atoms with Gasteiger partial charge in [0.1, 0.15) is 45.8 Å². The minimum absolute atomic E-state index is 0.692. The molecular formula is C6H11Cl3OP+. The molecule has 0 saturated heterocycles. The molecule has 0 unspecified atom stereocenters. The first-order valence-electron chi connectivity index (χ1n) is 3.33. The molecule has 0 saturated carbocycles. The van der Waals surface area contributed by atoms with Crippen molar-refractivity contribution < 1.29 is 4.74 Å². The second-order valence-corrected chi connectivity index (χ2v) is 9.62. The molecule has 0 N–H and O–H groups in total. The van der Waals surface area contributed by atoms with Crippen molar-refractivity contribution >= 4 is 39.0 Å². The molecule has 0 aliphatic carbocycles. The Morgan fingerprint density at radius 1 is 1.36 bits per heavy atom. The van der Waals surface area contributed by atoms with Crippen LogP contribution in [0.3, 0.4) is 0 Å². The van der Waals surface area contributed by atoms with Crippen LogP contribution in [-0.2, 0) is 4.74 Å². The van der Waals surface area contributed by atoms with Gasteiger partial charge in [-0.05, 0) is 6.42 Å². The number of halogens is 3. The van der Waals surface area contributed by atoms with Crippen molar-refractivity contribution in [3.8, 4) is 0 Å². The highest BCUT2D eigenvalue weighted by molar-refractivity contribution is 8.34. The summed E-state index contributed by atoms with van der Waals surface area (Å²) in [6.07, 6.45) is 3.61. The van der Waals surface area contributed by atoms with Crippen LogP contribution in [0.2, 0.25) is 0 Å². The lowest BCUT2D eigenvalue weighted by Gasteiger charge is -1.96. The van der Waals surface area contributed by atoms with Gasteiger partial charge >= 0.3 is 5.32 Å². The van der Waals surface area contributed by atoms with E-state index in [2.05, 4.69) is 6.92 Å². The van der Waals surface area contributed by atoms with Gasteiger partial charge in [-0.1, -0.05) is 13.3 Å². The first kappa shape index (κ1) is 11.8. The topological polar surface area (TPSA) is 9.23 Å². The summed E-state index contributed by atoms with van der Waals surface area (Å²) in [5.41, 5.74) is 0. The van der Waals surface area contributed by atoms with Crippen molar-refractivity contribution in [2.24, 2.45) is 0 Å². The Bertz CT molecular complexity index is 121. The predicted octanol–water partition coefficient (Wildman–Crippen LogP) is 4.75. The average Bonchev–Trinajstić information content (AvgIpc) is 1.85. The third-order valence-corrected chi connectivity index (χ3v) is 2.42. The average molecular weight is 236 g/mol. The molecule has 0 aliphatic rings. The van der Waals surface area contributed by atoms with Gasteiger partial charge in [-0.15, -0.1) is 0 Å². The molecule has 0 rings (SSSR count). The molecule has 5 heteroatoms. The Hall–Kier alpha value is 0.840. The number of hydrogen-bond acceptors (Lipinski definition) is 1. The van der Waals surface area contributed by atoms with Crippen molar-refractivity contribution in [3.05, 3.63) is 12.1 Å². The van der Waals surface area contributed by atoms with E-state index in [1.54, 1.807) is 0 Å². The van der Waals surface area contributed by atoms with E-state index in [9.17, 15) is 0 Å². The zero-order valence-corrected chi connectivity index (χ0v) is 9.43. The van der Waals surface area contributed by atoms with Crippen LogP contribution < -0.4 is 0 Å². The fourth-order valence-electron chi connectivity index (χ4n) is 0.408. The first-order chi connectivity index (χ1) is 5.06. The maximum absolute atomic E-state index is 5.52. The second kappa shape index (κ2) is 6.37. The zero-order valence-electron chi connectivity index (χ0n) is 6.27. The van der Waals surface area contributed by atoms with Gasteiger partial charge in [0.2, 0.25) is 0 Å². The Labute approximate surface area is 82.4 Å². The van der Waals surface area contributed by atoms with Gasteiger partial charge in [-0.3, -0.25) is 0 Å². The fraction of sp³-hybridized carbons (Fsp3) is 0.667. The highest BCUT2D eigenvalue weighted by Gasteiger charge is 2.28. The van der Waals surface area contributed by atoms with Crippen molar-refractivity contribution in [2.75, 3.05) is 6.61 Å². The van der Waals surface area contributed by atoms with Crippen LogP contribution in [0.5, 0.6) is 0 Å². The summed E-state index contributed by atoms with van der Waals surface area (Å²) in [7, 11) is 0. The van der Waals surface area contributed by atoms with E-state index < -0.39 is 5.32 Å². The molecule has 0 bridgehead atoms. The van der Waals surface area contributed by atoms with Gasteiger partial charge < -0.3 is 4.74 Å².